The molecular formula is C11H19N3O3. The highest BCUT2D eigenvalue weighted by Crippen LogP contribution is 2.41. The summed E-state index contributed by atoms with van der Waals surface area (Å²) in [6.45, 7) is 8.22. The molecule has 6 nitrogen and oxygen atoms in total. The van der Waals surface area contributed by atoms with Gasteiger partial charge in [0.15, 0.2) is 6.10 Å². The lowest BCUT2D eigenvalue weighted by atomic mass is 9.97. The van der Waals surface area contributed by atoms with Gasteiger partial charge >= 0.3 is 5.76 Å². The smallest absolute Gasteiger partial charge is 0.390 e. The largest absolute Gasteiger partial charge is 0.434 e. The molecule has 0 saturated carbocycles. The predicted octanol–water partition coefficient (Wildman–Crippen LogP) is 1.13. The van der Waals surface area contributed by atoms with Crippen LogP contribution in [0, 0.1) is 5.92 Å². The number of H-pyrrole nitrogens is 1. The van der Waals surface area contributed by atoms with Gasteiger partial charge in [-0.3, -0.25) is 4.90 Å². The Labute approximate surface area is 99.9 Å². The second-order valence-corrected chi connectivity index (χ2v) is 5.28. The van der Waals surface area contributed by atoms with Crippen LogP contribution in [0.2, 0.25) is 0 Å². The van der Waals surface area contributed by atoms with Crippen molar-refractivity contribution in [3.05, 3.63) is 16.4 Å². The van der Waals surface area contributed by atoms with E-state index in [1.54, 1.807) is 0 Å². The van der Waals surface area contributed by atoms with Crippen LogP contribution in [0.15, 0.2) is 9.21 Å². The molecule has 17 heavy (non-hydrogen) atoms. The lowest BCUT2D eigenvalue weighted by Gasteiger charge is -2.31. The number of likely N-dealkylation sites (N-methyl/N-ethyl adjacent to an activating group) is 1. The molecule has 2 unspecified atom stereocenters. The Hall–Kier alpha value is -1.14. The molecule has 2 atom stereocenters. The summed E-state index contributed by atoms with van der Waals surface area (Å²) in [5.41, 5.74) is -0.392. The number of ether oxygens (including phenoxy) is 1. The fourth-order valence-corrected chi connectivity index (χ4v) is 2.38. The first-order valence-electron chi connectivity index (χ1n) is 5.79. The maximum absolute atomic E-state index is 11.0. The Bertz CT molecular complexity index is 449. The van der Waals surface area contributed by atoms with Crippen molar-refractivity contribution >= 4 is 0 Å². The van der Waals surface area contributed by atoms with Crippen molar-refractivity contribution in [3.63, 3.8) is 0 Å². The number of aromatic amines is 1. The lowest BCUT2D eigenvalue weighted by Crippen LogP contribution is -2.42. The van der Waals surface area contributed by atoms with Gasteiger partial charge in [-0.2, -0.15) is 0 Å². The van der Waals surface area contributed by atoms with E-state index in [2.05, 4.69) is 28.9 Å². The zero-order valence-corrected chi connectivity index (χ0v) is 10.9. The Morgan fingerprint density at radius 3 is 2.59 bits per heavy atom. The number of aromatic nitrogens is 2. The highest BCUT2D eigenvalue weighted by atomic mass is 16.6. The van der Waals surface area contributed by atoms with E-state index >= 15 is 0 Å². The van der Waals surface area contributed by atoms with Gasteiger partial charge in [-0.25, -0.2) is 9.89 Å². The van der Waals surface area contributed by atoms with Crippen LogP contribution in [0.5, 0.6) is 0 Å². The van der Waals surface area contributed by atoms with Gasteiger partial charge in [-0.15, -0.1) is 5.10 Å². The normalized spacial score (nSPS) is 29.1. The predicted molar refractivity (Wildman–Crippen MR) is 61.4 cm³/mol. The van der Waals surface area contributed by atoms with Crippen molar-refractivity contribution in [1.82, 2.24) is 15.1 Å². The topological polar surface area (TPSA) is 71.4 Å². The molecule has 1 aromatic rings. The van der Waals surface area contributed by atoms with E-state index in [0.29, 0.717) is 11.8 Å². The standard InChI is InChI=1S/C11H19N3O3/c1-6(2)7-8(9-12-13-10(15)16-9)17-11(3,4)14(7)5/h6-8H,1-5H3,(H,13,15). The van der Waals surface area contributed by atoms with Gasteiger partial charge in [0.2, 0.25) is 5.89 Å². The summed E-state index contributed by atoms with van der Waals surface area (Å²) in [6.07, 6.45) is -0.311. The molecule has 96 valence electrons. The Kier molecular flexibility index (Phi) is 2.87. The lowest BCUT2D eigenvalue weighted by molar-refractivity contribution is -0.0743. The molecule has 0 bridgehead atoms. The van der Waals surface area contributed by atoms with E-state index in [0.717, 1.165) is 0 Å². The average Bonchev–Trinajstić information content (AvgIpc) is 2.70. The molecule has 1 aromatic heterocycles. The van der Waals surface area contributed by atoms with Gasteiger partial charge in [-0.05, 0) is 26.8 Å². The first-order valence-corrected chi connectivity index (χ1v) is 5.79. The molecule has 1 saturated heterocycles. The van der Waals surface area contributed by atoms with Crippen LogP contribution in [0.3, 0.4) is 0 Å². The van der Waals surface area contributed by atoms with Crippen molar-refractivity contribution in [2.45, 2.75) is 45.6 Å². The SMILES string of the molecule is CC(C)C1C(c2n[nH]c(=O)o2)OC(C)(C)N1C. The van der Waals surface area contributed by atoms with Crippen LogP contribution in [0.4, 0.5) is 0 Å². The monoisotopic (exact) mass is 241 g/mol. The van der Waals surface area contributed by atoms with Crippen LogP contribution in [-0.2, 0) is 4.74 Å². The molecule has 6 heteroatoms. The van der Waals surface area contributed by atoms with E-state index in [4.69, 9.17) is 9.15 Å². The maximum Gasteiger partial charge on any atom is 0.434 e. The van der Waals surface area contributed by atoms with Crippen molar-refractivity contribution in [2.24, 2.45) is 5.92 Å². The minimum absolute atomic E-state index is 0.136. The molecule has 1 fully saturated rings. The quantitative estimate of drug-likeness (QED) is 0.840. The van der Waals surface area contributed by atoms with E-state index in [1.165, 1.54) is 0 Å². The van der Waals surface area contributed by atoms with Gasteiger partial charge in [0, 0.05) is 6.04 Å². The number of rotatable bonds is 2. The fourth-order valence-electron chi connectivity index (χ4n) is 2.38. The molecule has 2 rings (SSSR count). The van der Waals surface area contributed by atoms with Crippen LogP contribution >= 0.6 is 0 Å². The van der Waals surface area contributed by atoms with Crippen LogP contribution in [0.1, 0.15) is 39.7 Å². The summed E-state index contributed by atoms with van der Waals surface area (Å²) in [5, 5.41) is 6.15. The van der Waals surface area contributed by atoms with Crippen molar-refractivity contribution in [3.8, 4) is 0 Å². The average molecular weight is 241 g/mol. The third-order valence-electron chi connectivity index (χ3n) is 3.40. The van der Waals surface area contributed by atoms with Crippen molar-refractivity contribution in [1.29, 1.82) is 0 Å². The van der Waals surface area contributed by atoms with E-state index in [-0.39, 0.29) is 12.1 Å². The third-order valence-corrected chi connectivity index (χ3v) is 3.40. The number of nitrogens with zero attached hydrogens (tertiary/aromatic N) is 2. The van der Waals surface area contributed by atoms with Crippen LogP contribution < -0.4 is 5.76 Å². The Morgan fingerprint density at radius 1 is 1.47 bits per heavy atom. The number of hydrogen-bond acceptors (Lipinski definition) is 5. The molecule has 0 aromatic carbocycles. The second-order valence-electron chi connectivity index (χ2n) is 5.28. The van der Waals surface area contributed by atoms with Gasteiger partial charge in [0.25, 0.3) is 0 Å². The highest BCUT2D eigenvalue weighted by molar-refractivity contribution is 5.00. The molecule has 1 N–H and O–H groups in total. The summed E-state index contributed by atoms with van der Waals surface area (Å²) in [4.78, 5) is 13.2. The van der Waals surface area contributed by atoms with E-state index in [9.17, 15) is 4.79 Å². The summed E-state index contributed by atoms with van der Waals surface area (Å²) in [5.74, 6) is 0.151. The minimum Gasteiger partial charge on any atom is -0.390 e. The van der Waals surface area contributed by atoms with Crippen LogP contribution in [0.25, 0.3) is 0 Å². The van der Waals surface area contributed by atoms with Crippen LogP contribution in [-0.4, -0.2) is 33.9 Å². The van der Waals surface area contributed by atoms with Gasteiger partial charge in [0.05, 0.1) is 0 Å². The zero-order chi connectivity index (χ0) is 12.8. The van der Waals surface area contributed by atoms with Gasteiger partial charge in [-0.1, -0.05) is 13.8 Å². The molecule has 0 spiro atoms. The van der Waals surface area contributed by atoms with Crippen molar-refractivity contribution < 1.29 is 9.15 Å². The fraction of sp³-hybridized carbons (Fsp3) is 0.818. The number of nitrogens with one attached hydrogen (secondary N) is 1. The minimum atomic E-state index is -0.543. The molecule has 0 aliphatic carbocycles. The molecule has 0 radical (unpaired) electrons. The first kappa shape index (κ1) is 12.3. The van der Waals surface area contributed by atoms with E-state index in [1.807, 2.05) is 20.9 Å². The van der Waals surface area contributed by atoms with E-state index < -0.39 is 11.5 Å². The molecular weight excluding hydrogens is 222 g/mol. The first-order chi connectivity index (χ1) is 7.83. The summed E-state index contributed by atoms with van der Waals surface area (Å²) in [7, 11) is 2.01. The molecule has 0 amide bonds. The summed E-state index contributed by atoms with van der Waals surface area (Å²) in [6, 6.07) is 0.136. The Morgan fingerprint density at radius 2 is 2.12 bits per heavy atom. The molecule has 1 aliphatic heterocycles. The van der Waals surface area contributed by atoms with Crippen molar-refractivity contribution in [2.75, 3.05) is 7.05 Å². The summed E-state index contributed by atoms with van der Waals surface area (Å²) >= 11 is 0. The van der Waals surface area contributed by atoms with Gasteiger partial charge in [0.1, 0.15) is 5.72 Å². The number of hydrogen-bond donors (Lipinski definition) is 1. The summed E-state index contributed by atoms with van der Waals surface area (Å²) < 4.78 is 11.0. The zero-order valence-electron chi connectivity index (χ0n) is 10.9. The van der Waals surface area contributed by atoms with Gasteiger partial charge < -0.3 is 9.15 Å². The third kappa shape index (κ3) is 2.02. The molecule has 1 aliphatic rings. The Balaban J connectivity index is 2.36. The molecule has 2 heterocycles. The second kappa shape index (κ2) is 3.96. The highest BCUT2D eigenvalue weighted by Gasteiger charge is 2.49. The maximum atomic E-state index is 11.0.